The van der Waals surface area contributed by atoms with E-state index in [1.807, 2.05) is 6.08 Å². The molecule has 0 spiro atoms. The predicted octanol–water partition coefficient (Wildman–Crippen LogP) is 4.35. The molecule has 154 valence electrons. The summed E-state index contributed by atoms with van der Waals surface area (Å²) in [4.78, 5) is 39.1. The highest BCUT2D eigenvalue weighted by molar-refractivity contribution is 5.99. The Morgan fingerprint density at radius 2 is 1.68 bits per heavy atom. The number of unbranched alkanes of at least 4 members (excludes halogenated alkanes) is 6. The zero-order valence-corrected chi connectivity index (χ0v) is 16.8. The fraction of sp³-hybridized carbons (Fsp3) is 0.500. The van der Waals surface area contributed by atoms with Crippen LogP contribution in [-0.4, -0.2) is 35.8 Å². The van der Waals surface area contributed by atoms with Crippen molar-refractivity contribution in [3.8, 4) is 0 Å². The van der Waals surface area contributed by atoms with Crippen LogP contribution in [-0.2, 0) is 9.53 Å². The van der Waals surface area contributed by atoms with Crippen LogP contribution >= 0.6 is 0 Å². The van der Waals surface area contributed by atoms with Crippen LogP contribution in [0.25, 0.3) is 0 Å². The number of esters is 1. The van der Waals surface area contributed by atoms with E-state index in [1.165, 1.54) is 32.4 Å². The van der Waals surface area contributed by atoms with Crippen molar-refractivity contribution in [3.63, 3.8) is 0 Å². The third kappa shape index (κ3) is 8.37. The summed E-state index contributed by atoms with van der Waals surface area (Å²) in [6.07, 6.45) is 11.8. The molecule has 0 saturated heterocycles. The second-order valence-electron chi connectivity index (χ2n) is 6.73. The van der Waals surface area contributed by atoms with Crippen LogP contribution in [0, 0.1) is 0 Å². The van der Waals surface area contributed by atoms with E-state index in [1.54, 1.807) is 12.1 Å². The van der Waals surface area contributed by atoms with Crippen molar-refractivity contribution in [1.82, 2.24) is 10.3 Å². The molecule has 0 aliphatic rings. The first-order chi connectivity index (χ1) is 13.5. The largest absolute Gasteiger partial charge is 0.467 e. The summed E-state index contributed by atoms with van der Waals surface area (Å²) in [5.74, 6) is -1.02. The molecular formula is C22H32N2O4. The Bertz CT molecular complexity index is 663. The Morgan fingerprint density at radius 1 is 1.04 bits per heavy atom. The van der Waals surface area contributed by atoms with Gasteiger partial charge in [0.2, 0.25) is 0 Å². The van der Waals surface area contributed by atoms with Crippen LogP contribution in [0.2, 0.25) is 0 Å². The molecule has 0 unspecified atom stereocenters. The molecule has 0 fully saturated rings. The van der Waals surface area contributed by atoms with Gasteiger partial charge in [0.05, 0.1) is 12.8 Å². The Balaban J connectivity index is 2.42. The third-order valence-electron chi connectivity index (χ3n) is 4.49. The van der Waals surface area contributed by atoms with E-state index in [2.05, 4.69) is 28.2 Å². The number of ketones is 1. The van der Waals surface area contributed by atoms with Crippen LogP contribution in [0.4, 0.5) is 0 Å². The highest BCUT2D eigenvalue weighted by Gasteiger charge is 2.22. The topological polar surface area (TPSA) is 88.3 Å². The molecule has 1 amide bonds. The predicted molar refractivity (Wildman–Crippen MR) is 110 cm³/mol. The number of carbonyl (C=O) groups excluding carboxylic acids is 3. The number of aromatic amines is 1. The molecular weight excluding hydrogens is 356 g/mol. The summed E-state index contributed by atoms with van der Waals surface area (Å²) in [5, 5.41) is 2.58. The second kappa shape index (κ2) is 13.5. The Kier molecular flexibility index (Phi) is 11.3. The number of methoxy groups -OCH3 is 1. The summed E-state index contributed by atoms with van der Waals surface area (Å²) in [6, 6.07) is 2.35. The second-order valence-corrected chi connectivity index (χ2v) is 6.73. The monoisotopic (exact) mass is 388 g/mol. The summed E-state index contributed by atoms with van der Waals surface area (Å²) >= 11 is 0. The van der Waals surface area contributed by atoms with E-state index < -0.39 is 17.9 Å². The fourth-order valence-corrected chi connectivity index (χ4v) is 2.87. The molecule has 0 aliphatic heterocycles. The van der Waals surface area contributed by atoms with Gasteiger partial charge in [0, 0.05) is 6.42 Å². The number of Topliss-reactive ketones (excluding diaryl/α,β-unsaturated/α-hetero) is 1. The van der Waals surface area contributed by atoms with Gasteiger partial charge in [0.25, 0.3) is 5.91 Å². The van der Waals surface area contributed by atoms with Crippen LogP contribution in [0.15, 0.2) is 37.4 Å². The maximum atomic E-state index is 12.3. The minimum atomic E-state index is -0.802. The van der Waals surface area contributed by atoms with Crippen LogP contribution in [0.3, 0.4) is 0 Å². The average Bonchev–Trinajstić information content (AvgIpc) is 3.19. The molecule has 0 aliphatic carbocycles. The number of hydrogen-bond acceptors (Lipinski definition) is 4. The van der Waals surface area contributed by atoms with Gasteiger partial charge < -0.3 is 15.0 Å². The number of amides is 1. The van der Waals surface area contributed by atoms with E-state index in [0.717, 1.165) is 25.7 Å². The zero-order chi connectivity index (χ0) is 20.8. The van der Waals surface area contributed by atoms with Crippen molar-refractivity contribution in [1.29, 1.82) is 0 Å². The van der Waals surface area contributed by atoms with Crippen molar-refractivity contribution in [2.45, 2.75) is 63.8 Å². The highest BCUT2D eigenvalue weighted by atomic mass is 16.5. The lowest BCUT2D eigenvalue weighted by atomic mass is 10.1. The quantitative estimate of drug-likeness (QED) is 0.202. The number of ether oxygens (including phenoxy) is 1. The first-order valence-electron chi connectivity index (χ1n) is 9.86. The normalized spacial score (nSPS) is 11.5. The Labute approximate surface area is 167 Å². The number of carbonyl (C=O) groups is 3. The van der Waals surface area contributed by atoms with Gasteiger partial charge in [-0.25, -0.2) is 4.79 Å². The molecule has 1 aromatic heterocycles. The Morgan fingerprint density at radius 3 is 2.32 bits per heavy atom. The molecule has 1 heterocycles. The first-order valence-corrected chi connectivity index (χ1v) is 9.86. The van der Waals surface area contributed by atoms with Crippen LogP contribution in [0.1, 0.15) is 78.8 Å². The Hall–Kier alpha value is -2.63. The molecule has 1 rings (SSSR count). The summed E-state index contributed by atoms with van der Waals surface area (Å²) in [6.45, 7) is 7.28. The van der Waals surface area contributed by atoms with Gasteiger partial charge in [-0.15, -0.1) is 13.2 Å². The molecule has 1 aromatic rings. The van der Waals surface area contributed by atoms with E-state index in [9.17, 15) is 14.4 Å². The lowest BCUT2D eigenvalue weighted by molar-refractivity contribution is -0.142. The number of hydrogen-bond donors (Lipinski definition) is 2. The summed E-state index contributed by atoms with van der Waals surface area (Å²) < 4.78 is 4.67. The van der Waals surface area contributed by atoms with E-state index in [0.29, 0.717) is 12.1 Å². The molecule has 0 radical (unpaired) electrons. The van der Waals surface area contributed by atoms with E-state index in [-0.39, 0.29) is 17.9 Å². The molecule has 0 bridgehead atoms. The van der Waals surface area contributed by atoms with Gasteiger partial charge in [-0.05, 0) is 37.8 Å². The van der Waals surface area contributed by atoms with Gasteiger partial charge in [0.1, 0.15) is 11.7 Å². The number of allylic oxidation sites excluding steroid dienone is 1. The minimum Gasteiger partial charge on any atom is -0.467 e. The van der Waals surface area contributed by atoms with Crippen molar-refractivity contribution in [2.24, 2.45) is 0 Å². The van der Waals surface area contributed by atoms with Gasteiger partial charge in [-0.1, -0.05) is 37.8 Å². The fourth-order valence-electron chi connectivity index (χ4n) is 2.87. The highest BCUT2D eigenvalue weighted by Crippen LogP contribution is 2.12. The van der Waals surface area contributed by atoms with Gasteiger partial charge >= 0.3 is 5.97 Å². The molecule has 0 aromatic carbocycles. The van der Waals surface area contributed by atoms with E-state index in [4.69, 9.17) is 0 Å². The van der Waals surface area contributed by atoms with E-state index >= 15 is 0 Å². The number of rotatable bonds is 15. The van der Waals surface area contributed by atoms with Crippen molar-refractivity contribution in [3.05, 3.63) is 48.8 Å². The van der Waals surface area contributed by atoms with Gasteiger partial charge in [0.15, 0.2) is 5.78 Å². The smallest absolute Gasteiger partial charge is 0.328 e. The van der Waals surface area contributed by atoms with Gasteiger partial charge in [-0.2, -0.15) is 0 Å². The van der Waals surface area contributed by atoms with Crippen molar-refractivity contribution < 1.29 is 19.1 Å². The maximum Gasteiger partial charge on any atom is 0.328 e. The third-order valence-corrected chi connectivity index (χ3v) is 4.49. The number of aromatic nitrogens is 1. The molecule has 2 N–H and O–H groups in total. The average molecular weight is 389 g/mol. The molecule has 1 atom stereocenters. The lowest BCUT2D eigenvalue weighted by Crippen LogP contribution is -2.41. The molecule has 28 heavy (non-hydrogen) atoms. The standard InChI is InChI=1S/C22H32N2O4/c1-4-6-7-8-9-10-11-12-14-20(25)17-15-16-18(23-17)21(26)24-19(13-5-2)22(27)28-3/h4-5,15-16,19,23H,1-2,6-14H2,3H3,(H,24,26)/t19-/m0/s1. The molecule has 6 nitrogen and oxygen atoms in total. The van der Waals surface area contributed by atoms with Crippen molar-refractivity contribution >= 4 is 17.7 Å². The number of H-pyrrole nitrogens is 1. The summed E-state index contributed by atoms with van der Waals surface area (Å²) in [7, 11) is 1.26. The van der Waals surface area contributed by atoms with Crippen LogP contribution < -0.4 is 5.32 Å². The molecule has 6 heteroatoms. The molecule has 0 saturated carbocycles. The summed E-state index contributed by atoms with van der Waals surface area (Å²) in [5.41, 5.74) is 0.651. The minimum absolute atomic E-state index is 0.0127. The van der Waals surface area contributed by atoms with Crippen molar-refractivity contribution in [2.75, 3.05) is 7.11 Å². The lowest BCUT2D eigenvalue weighted by Gasteiger charge is -2.14. The van der Waals surface area contributed by atoms with Gasteiger partial charge in [-0.3, -0.25) is 9.59 Å². The SMILES string of the molecule is C=CCCCCCCCCC(=O)c1ccc(C(=O)N[C@@H](CC=C)C(=O)OC)[nH]1. The first kappa shape index (κ1) is 23.4. The number of nitrogens with one attached hydrogen (secondary N) is 2. The zero-order valence-electron chi connectivity index (χ0n) is 16.8. The van der Waals surface area contributed by atoms with Crippen LogP contribution in [0.5, 0.6) is 0 Å². The maximum absolute atomic E-state index is 12.3.